The summed E-state index contributed by atoms with van der Waals surface area (Å²) in [4.78, 5) is 26.2. The molecule has 1 amide bonds. The SMILES string of the molecule is CN1CCc2c(sc(NC(=O)c3nc4ccccc4s3)c2-c2nc3ccccc3s2)C1.Cl. The van der Waals surface area contributed by atoms with Gasteiger partial charge >= 0.3 is 0 Å². The van der Waals surface area contributed by atoms with Gasteiger partial charge in [0, 0.05) is 23.5 Å². The lowest BCUT2D eigenvalue weighted by molar-refractivity contribution is 0.102. The minimum absolute atomic E-state index is 0. The highest BCUT2D eigenvalue weighted by Crippen LogP contribution is 2.45. The van der Waals surface area contributed by atoms with Crippen LogP contribution in [0.3, 0.4) is 0 Å². The first-order valence-electron chi connectivity index (χ1n) is 10.0. The van der Waals surface area contributed by atoms with Gasteiger partial charge in [-0.3, -0.25) is 4.79 Å². The molecule has 0 saturated heterocycles. The van der Waals surface area contributed by atoms with Crippen LogP contribution in [0.25, 0.3) is 31.0 Å². The number of hydrogen-bond acceptors (Lipinski definition) is 7. The molecule has 0 bridgehead atoms. The molecule has 1 aliphatic rings. The van der Waals surface area contributed by atoms with E-state index >= 15 is 0 Å². The quantitative estimate of drug-likeness (QED) is 0.317. The first-order valence-corrected chi connectivity index (χ1v) is 12.5. The molecule has 32 heavy (non-hydrogen) atoms. The van der Waals surface area contributed by atoms with Crippen LogP contribution in [-0.2, 0) is 13.0 Å². The van der Waals surface area contributed by atoms with E-state index in [-0.39, 0.29) is 18.3 Å². The van der Waals surface area contributed by atoms with Crippen molar-refractivity contribution in [2.24, 2.45) is 0 Å². The van der Waals surface area contributed by atoms with Crippen molar-refractivity contribution in [3.8, 4) is 10.6 Å². The third-order valence-corrected chi connectivity index (χ3v) is 8.69. The van der Waals surface area contributed by atoms with Crippen molar-refractivity contribution < 1.29 is 4.79 Å². The zero-order valence-corrected chi connectivity index (χ0v) is 20.4. The number of aromatic nitrogens is 2. The molecule has 1 N–H and O–H groups in total. The van der Waals surface area contributed by atoms with Crippen molar-refractivity contribution >= 4 is 77.8 Å². The van der Waals surface area contributed by atoms with Gasteiger partial charge in [-0.15, -0.1) is 46.4 Å². The zero-order chi connectivity index (χ0) is 20.9. The number of nitrogens with zero attached hydrogens (tertiary/aromatic N) is 3. The highest BCUT2D eigenvalue weighted by molar-refractivity contribution is 7.23. The first-order chi connectivity index (χ1) is 15.2. The summed E-state index contributed by atoms with van der Waals surface area (Å²) in [6.45, 7) is 1.90. The van der Waals surface area contributed by atoms with Crippen LogP contribution < -0.4 is 5.32 Å². The van der Waals surface area contributed by atoms with Crippen LogP contribution in [-0.4, -0.2) is 34.4 Å². The van der Waals surface area contributed by atoms with Crippen LogP contribution in [0.4, 0.5) is 5.00 Å². The van der Waals surface area contributed by atoms with E-state index in [1.165, 1.54) is 21.8 Å². The van der Waals surface area contributed by atoms with Crippen LogP contribution in [0.2, 0.25) is 0 Å². The van der Waals surface area contributed by atoms with Crippen LogP contribution in [0, 0.1) is 0 Å². The molecule has 0 radical (unpaired) electrons. The molecule has 5 aromatic rings. The molecule has 2 aromatic carbocycles. The summed E-state index contributed by atoms with van der Waals surface area (Å²) in [5.41, 5.74) is 4.26. The number of thiazole rings is 2. The summed E-state index contributed by atoms with van der Waals surface area (Å²) in [6.07, 6.45) is 0.963. The number of para-hydroxylation sites is 2. The Kier molecular flexibility index (Phi) is 5.73. The maximum Gasteiger partial charge on any atom is 0.285 e. The minimum Gasteiger partial charge on any atom is -0.311 e. The smallest absolute Gasteiger partial charge is 0.285 e. The molecule has 4 heterocycles. The third-order valence-electron chi connectivity index (χ3n) is 5.47. The molecule has 0 atom stereocenters. The normalized spacial score (nSPS) is 13.8. The van der Waals surface area contributed by atoms with Gasteiger partial charge in [0.25, 0.3) is 5.91 Å². The second-order valence-corrected chi connectivity index (χ2v) is 10.8. The fraction of sp³-hybridized carbons (Fsp3) is 0.174. The number of amides is 1. The van der Waals surface area contributed by atoms with Gasteiger partial charge < -0.3 is 10.2 Å². The number of anilines is 1. The van der Waals surface area contributed by atoms with Gasteiger partial charge in [-0.2, -0.15) is 0 Å². The number of likely N-dealkylation sites (N-methyl/N-ethyl adjacent to an activating group) is 1. The number of carbonyl (C=O) groups is 1. The van der Waals surface area contributed by atoms with E-state index in [0.29, 0.717) is 5.01 Å². The highest BCUT2D eigenvalue weighted by atomic mass is 35.5. The summed E-state index contributed by atoms with van der Waals surface area (Å²) in [6, 6.07) is 16.0. The van der Waals surface area contributed by atoms with Crippen molar-refractivity contribution in [3.63, 3.8) is 0 Å². The summed E-state index contributed by atoms with van der Waals surface area (Å²) in [5.74, 6) is -0.157. The van der Waals surface area contributed by atoms with Gasteiger partial charge in [-0.25, -0.2) is 9.97 Å². The Hall–Kier alpha value is -2.36. The Morgan fingerprint density at radius 3 is 2.38 bits per heavy atom. The van der Waals surface area contributed by atoms with Gasteiger partial charge in [-0.1, -0.05) is 24.3 Å². The monoisotopic (exact) mass is 498 g/mol. The Labute approximate surface area is 203 Å². The number of fused-ring (bicyclic) bond motifs is 3. The van der Waals surface area contributed by atoms with Gasteiger partial charge in [0.05, 0.1) is 20.4 Å². The molecular formula is C23H19ClN4OS3. The minimum atomic E-state index is -0.157. The number of hydrogen-bond donors (Lipinski definition) is 1. The summed E-state index contributed by atoms with van der Waals surface area (Å²) >= 11 is 4.78. The lowest BCUT2D eigenvalue weighted by Gasteiger charge is -2.22. The fourth-order valence-corrected chi connectivity index (χ4v) is 7.24. The van der Waals surface area contributed by atoms with E-state index in [1.807, 2.05) is 42.5 Å². The van der Waals surface area contributed by atoms with Crippen molar-refractivity contribution in [3.05, 3.63) is 64.0 Å². The maximum atomic E-state index is 13.1. The zero-order valence-electron chi connectivity index (χ0n) is 17.1. The molecular weight excluding hydrogens is 480 g/mol. The highest BCUT2D eigenvalue weighted by Gasteiger charge is 2.27. The third kappa shape index (κ3) is 3.72. The summed E-state index contributed by atoms with van der Waals surface area (Å²) in [7, 11) is 2.14. The number of rotatable bonds is 3. The Balaban J connectivity index is 0.00000216. The average molecular weight is 499 g/mol. The van der Waals surface area contributed by atoms with Crippen molar-refractivity contribution in [2.45, 2.75) is 13.0 Å². The lowest BCUT2D eigenvalue weighted by atomic mass is 10.0. The standard InChI is InChI=1S/C23H18N4OS3.ClH/c1-27-11-10-13-18(12-27)31-22(19(13)21-24-14-6-2-4-8-16(14)29-21)26-20(28)23-25-15-7-3-5-9-17(15)30-23;/h2-9H,10-12H2,1H3,(H,26,28);1H. The number of thiophene rings is 1. The van der Waals surface area contributed by atoms with Crippen LogP contribution >= 0.6 is 46.4 Å². The lowest BCUT2D eigenvalue weighted by Crippen LogP contribution is -2.25. The molecule has 0 saturated carbocycles. The number of halogens is 1. The van der Waals surface area contributed by atoms with E-state index in [2.05, 4.69) is 28.3 Å². The largest absolute Gasteiger partial charge is 0.311 e. The topological polar surface area (TPSA) is 58.1 Å². The van der Waals surface area contributed by atoms with E-state index in [1.54, 1.807) is 22.7 Å². The van der Waals surface area contributed by atoms with Crippen molar-refractivity contribution in [1.29, 1.82) is 0 Å². The molecule has 5 nitrogen and oxygen atoms in total. The van der Waals surface area contributed by atoms with E-state index < -0.39 is 0 Å². The first kappa shape index (κ1) is 21.5. The molecule has 6 rings (SSSR count). The maximum absolute atomic E-state index is 13.1. The second-order valence-electron chi connectivity index (χ2n) is 7.62. The number of nitrogens with one attached hydrogen (secondary N) is 1. The van der Waals surface area contributed by atoms with Crippen LogP contribution in [0.1, 0.15) is 20.2 Å². The van der Waals surface area contributed by atoms with Crippen LogP contribution in [0.15, 0.2) is 48.5 Å². The molecule has 0 fully saturated rings. The number of benzene rings is 2. The predicted octanol–water partition coefficient (Wildman–Crippen LogP) is 6.30. The number of carbonyl (C=O) groups excluding carboxylic acids is 1. The average Bonchev–Trinajstić information content (AvgIpc) is 3.47. The predicted molar refractivity (Wildman–Crippen MR) is 138 cm³/mol. The Morgan fingerprint density at radius 2 is 1.66 bits per heavy atom. The van der Waals surface area contributed by atoms with Gasteiger partial charge in [0.15, 0.2) is 5.01 Å². The van der Waals surface area contributed by atoms with Gasteiger partial charge in [0.1, 0.15) is 10.0 Å². The van der Waals surface area contributed by atoms with Crippen molar-refractivity contribution in [1.82, 2.24) is 14.9 Å². The molecule has 0 aliphatic carbocycles. The molecule has 1 aliphatic heterocycles. The van der Waals surface area contributed by atoms with Gasteiger partial charge in [-0.05, 0) is 43.3 Å². The summed E-state index contributed by atoms with van der Waals surface area (Å²) < 4.78 is 2.18. The van der Waals surface area contributed by atoms with E-state index in [9.17, 15) is 4.79 Å². The van der Waals surface area contributed by atoms with E-state index in [4.69, 9.17) is 4.98 Å². The van der Waals surface area contributed by atoms with E-state index in [0.717, 1.165) is 55.5 Å². The Morgan fingerprint density at radius 1 is 0.969 bits per heavy atom. The second kappa shape index (κ2) is 8.53. The van der Waals surface area contributed by atoms with Crippen LogP contribution in [0.5, 0.6) is 0 Å². The van der Waals surface area contributed by atoms with Crippen molar-refractivity contribution in [2.75, 3.05) is 18.9 Å². The summed E-state index contributed by atoms with van der Waals surface area (Å²) in [5, 5.41) is 5.52. The Bertz CT molecular complexity index is 1390. The molecule has 0 unspecified atom stereocenters. The molecule has 0 spiro atoms. The fourth-order valence-electron chi connectivity index (χ4n) is 3.95. The van der Waals surface area contributed by atoms with Gasteiger partial charge in [0.2, 0.25) is 0 Å². The molecule has 9 heteroatoms. The molecule has 3 aromatic heterocycles. The molecule has 162 valence electrons.